The van der Waals surface area contributed by atoms with Crippen LogP contribution in [0, 0.1) is 0 Å². The molecule has 0 radical (unpaired) electrons. The van der Waals surface area contributed by atoms with E-state index in [4.69, 9.17) is 0 Å². The van der Waals surface area contributed by atoms with E-state index in [1.807, 2.05) is 0 Å². The second-order valence-electron chi connectivity index (χ2n) is 2.51. The number of amidine groups is 1. The third-order valence-corrected chi connectivity index (χ3v) is 2.72. The number of hydrazone groups is 1. The molecule has 0 saturated carbocycles. The van der Waals surface area contributed by atoms with Crippen molar-refractivity contribution in [1.82, 2.24) is 15.6 Å². The van der Waals surface area contributed by atoms with E-state index in [2.05, 4.69) is 27.7 Å². The minimum absolute atomic E-state index is 0.281. The lowest BCUT2D eigenvalue weighted by Crippen LogP contribution is -2.32. The van der Waals surface area contributed by atoms with Crippen molar-refractivity contribution in [3.8, 4) is 0 Å². The normalized spacial score (nSPS) is 19.2. The standard InChI is InChI=1S/C7H14N4OS/c1-3-11-4-5-13-7(11)10-9-6(12)8-2/h3-5H2,1-2H3,(H2,8,9,12)/b10-7-. The van der Waals surface area contributed by atoms with E-state index in [1.54, 1.807) is 18.8 Å². The van der Waals surface area contributed by atoms with Crippen LogP contribution in [0.4, 0.5) is 4.79 Å². The average Bonchev–Trinajstić information content (AvgIpc) is 2.61. The van der Waals surface area contributed by atoms with Gasteiger partial charge in [0.05, 0.1) is 0 Å². The van der Waals surface area contributed by atoms with Gasteiger partial charge in [0.15, 0.2) is 5.17 Å². The summed E-state index contributed by atoms with van der Waals surface area (Å²) in [6.45, 7) is 4.01. The number of amides is 2. The van der Waals surface area contributed by atoms with Gasteiger partial charge in [0.1, 0.15) is 0 Å². The lowest BCUT2D eigenvalue weighted by atomic mass is 10.6. The van der Waals surface area contributed by atoms with Gasteiger partial charge in [-0.15, -0.1) is 5.10 Å². The molecular formula is C7H14N4OS. The topological polar surface area (TPSA) is 56.7 Å². The maximum absolute atomic E-state index is 10.8. The van der Waals surface area contributed by atoms with E-state index in [0.29, 0.717) is 0 Å². The van der Waals surface area contributed by atoms with E-state index in [0.717, 1.165) is 24.0 Å². The number of thioether (sulfide) groups is 1. The average molecular weight is 202 g/mol. The molecular weight excluding hydrogens is 188 g/mol. The van der Waals surface area contributed by atoms with Crippen LogP contribution >= 0.6 is 11.8 Å². The van der Waals surface area contributed by atoms with Crippen molar-refractivity contribution in [3.05, 3.63) is 0 Å². The zero-order valence-electron chi connectivity index (χ0n) is 7.83. The molecule has 1 aliphatic heterocycles. The number of rotatable bonds is 2. The SMILES string of the molecule is CCN1CCS/C1=N\NC(=O)NC. The van der Waals surface area contributed by atoms with E-state index in [1.165, 1.54) is 0 Å². The molecule has 1 saturated heterocycles. The van der Waals surface area contributed by atoms with Crippen LogP contribution in [0.5, 0.6) is 0 Å². The van der Waals surface area contributed by atoms with Crippen LogP contribution in [0.1, 0.15) is 6.92 Å². The molecule has 0 aliphatic carbocycles. The van der Waals surface area contributed by atoms with E-state index < -0.39 is 0 Å². The van der Waals surface area contributed by atoms with Gasteiger partial charge in [0.25, 0.3) is 0 Å². The molecule has 0 spiro atoms. The summed E-state index contributed by atoms with van der Waals surface area (Å²) in [5, 5.41) is 7.32. The van der Waals surface area contributed by atoms with Gasteiger partial charge in [-0.1, -0.05) is 11.8 Å². The van der Waals surface area contributed by atoms with Gasteiger partial charge in [-0.25, -0.2) is 10.2 Å². The molecule has 2 amide bonds. The van der Waals surface area contributed by atoms with Crippen LogP contribution < -0.4 is 10.7 Å². The van der Waals surface area contributed by atoms with Crippen LogP contribution in [0.15, 0.2) is 5.10 Å². The van der Waals surface area contributed by atoms with Crippen molar-refractivity contribution in [2.24, 2.45) is 5.10 Å². The Morgan fingerprint density at radius 1 is 1.77 bits per heavy atom. The molecule has 1 rings (SSSR count). The molecule has 6 heteroatoms. The van der Waals surface area contributed by atoms with Gasteiger partial charge in [-0.05, 0) is 6.92 Å². The lowest BCUT2D eigenvalue weighted by molar-refractivity contribution is 0.243. The van der Waals surface area contributed by atoms with E-state index >= 15 is 0 Å². The highest BCUT2D eigenvalue weighted by atomic mass is 32.2. The maximum atomic E-state index is 10.8. The van der Waals surface area contributed by atoms with Crippen molar-refractivity contribution in [2.45, 2.75) is 6.92 Å². The van der Waals surface area contributed by atoms with Crippen LogP contribution in [0.3, 0.4) is 0 Å². The van der Waals surface area contributed by atoms with Crippen molar-refractivity contribution in [3.63, 3.8) is 0 Å². The summed E-state index contributed by atoms with van der Waals surface area (Å²) in [6, 6.07) is -0.281. The highest BCUT2D eigenvalue weighted by molar-refractivity contribution is 8.14. The largest absolute Gasteiger partial charge is 0.349 e. The first kappa shape index (κ1) is 10.2. The Bertz CT molecular complexity index is 219. The minimum atomic E-state index is -0.281. The number of carbonyl (C=O) groups excluding carboxylic acids is 1. The van der Waals surface area contributed by atoms with Gasteiger partial charge in [-0.3, -0.25) is 0 Å². The lowest BCUT2D eigenvalue weighted by Gasteiger charge is -2.13. The fourth-order valence-electron chi connectivity index (χ4n) is 0.985. The number of hydrogen-bond acceptors (Lipinski definition) is 3. The summed E-state index contributed by atoms with van der Waals surface area (Å²) in [5.74, 6) is 1.04. The van der Waals surface area contributed by atoms with Crippen LogP contribution in [0.25, 0.3) is 0 Å². The summed E-state index contributed by atoms with van der Waals surface area (Å²) in [5.41, 5.74) is 2.41. The van der Waals surface area contributed by atoms with E-state index in [9.17, 15) is 4.79 Å². The van der Waals surface area contributed by atoms with E-state index in [-0.39, 0.29) is 6.03 Å². The molecule has 0 aromatic carbocycles. The summed E-state index contributed by atoms with van der Waals surface area (Å²) in [7, 11) is 1.56. The molecule has 2 N–H and O–H groups in total. The highest BCUT2D eigenvalue weighted by Gasteiger charge is 2.17. The maximum Gasteiger partial charge on any atom is 0.335 e. The summed E-state index contributed by atoms with van der Waals surface area (Å²) in [6.07, 6.45) is 0. The molecule has 5 nitrogen and oxygen atoms in total. The minimum Gasteiger partial charge on any atom is -0.349 e. The second kappa shape index (κ2) is 4.96. The quantitative estimate of drug-likeness (QED) is 0.631. The van der Waals surface area contributed by atoms with Gasteiger partial charge in [0, 0.05) is 25.9 Å². The Balaban J connectivity index is 2.45. The van der Waals surface area contributed by atoms with Crippen molar-refractivity contribution in [2.75, 3.05) is 25.9 Å². The number of carbonyl (C=O) groups is 1. The van der Waals surface area contributed by atoms with Gasteiger partial charge >= 0.3 is 6.03 Å². The number of nitrogens with zero attached hydrogens (tertiary/aromatic N) is 2. The Kier molecular flexibility index (Phi) is 3.88. The summed E-state index contributed by atoms with van der Waals surface area (Å²) < 4.78 is 0. The molecule has 0 unspecified atom stereocenters. The van der Waals surface area contributed by atoms with Crippen molar-refractivity contribution in [1.29, 1.82) is 0 Å². The Hall–Kier alpha value is -0.910. The molecule has 0 aromatic heterocycles. The summed E-state index contributed by atoms with van der Waals surface area (Å²) in [4.78, 5) is 12.9. The fraction of sp³-hybridized carbons (Fsp3) is 0.714. The monoisotopic (exact) mass is 202 g/mol. The number of nitrogens with one attached hydrogen (secondary N) is 2. The van der Waals surface area contributed by atoms with Crippen LogP contribution in [-0.2, 0) is 0 Å². The number of urea groups is 1. The van der Waals surface area contributed by atoms with Crippen LogP contribution in [0.2, 0.25) is 0 Å². The van der Waals surface area contributed by atoms with Crippen LogP contribution in [-0.4, -0.2) is 42.0 Å². The molecule has 1 fully saturated rings. The molecule has 0 aromatic rings. The highest BCUT2D eigenvalue weighted by Crippen LogP contribution is 2.16. The predicted octanol–water partition coefficient (Wildman–Crippen LogP) is 0.255. The predicted molar refractivity (Wildman–Crippen MR) is 54.7 cm³/mol. The van der Waals surface area contributed by atoms with Gasteiger partial charge in [0.2, 0.25) is 0 Å². The Morgan fingerprint density at radius 3 is 3.15 bits per heavy atom. The first-order valence-corrected chi connectivity index (χ1v) is 5.19. The second-order valence-corrected chi connectivity index (χ2v) is 3.58. The molecule has 74 valence electrons. The summed E-state index contributed by atoms with van der Waals surface area (Å²) >= 11 is 1.66. The first-order valence-electron chi connectivity index (χ1n) is 4.21. The van der Waals surface area contributed by atoms with Gasteiger partial charge in [-0.2, -0.15) is 0 Å². The Morgan fingerprint density at radius 2 is 2.54 bits per heavy atom. The molecule has 0 bridgehead atoms. The third-order valence-electron chi connectivity index (χ3n) is 1.72. The zero-order chi connectivity index (χ0) is 9.68. The molecule has 13 heavy (non-hydrogen) atoms. The third kappa shape index (κ3) is 2.80. The first-order chi connectivity index (χ1) is 6.27. The van der Waals surface area contributed by atoms with Gasteiger partial charge < -0.3 is 10.2 Å². The molecule has 0 atom stereocenters. The number of hydrogen-bond donors (Lipinski definition) is 2. The zero-order valence-corrected chi connectivity index (χ0v) is 8.65. The molecule has 1 heterocycles. The Labute approximate surface area is 81.9 Å². The smallest absolute Gasteiger partial charge is 0.335 e. The molecule has 1 aliphatic rings. The van der Waals surface area contributed by atoms with Crippen molar-refractivity contribution >= 4 is 23.0 Å². The fourth-order valence-corrected chi connectivity index (χ4v) is 1.99. The van der Waals surface area contributed by atoms with Crippen molar-refractivity contribution < 1.29 is 4.79 Å².